The van der Waals surface area contributed by atoms with Gasteiger partial charge in [-0.15, -0.1) is 0 Å². The van der Waals surface area contributed by atoms with Gasteiger partial charge in [-0.1, -0.05) is 43.4 Å². The van der Waals surface area contributed by atoms with Crippen molar-refractivity contribution in [2.24, 2.45) is 5.92 Å². The van der Waals surface area contributed by atoms with E-state index in [-0.39, 0.29) is 30.8 Å². The van der Waals surface area contributed by atoms with Crippen LogP contribution in [-0.4, -0.2) is 78.4 Å². The molecule has 194 valence electrons. The molecular formula is C27H38O8. The second-order valence-electron chi connectivity index (χ2n) is 10.0. The number of fused-ring (bicyclic) bond motifs is 3. The fourth-order valence-corrected chi connectivity index (χ4v) is 5.01. The van der Waals surface area contributed by atoms with Crippen molar-refractivity contribution in [3.05, 3.63) is 48.6 Å². The quantitative estimate of drug-likeness (QED) is 0.353. The molecule has 2 fully saturated rings. The van der Waals surface area contributed by atoms with Crippen molar-refractivity contribution < 1.29 is 38.7 Å². The summed E-state index contributed by atoms with van der Waals surface area (Å²) >= 11 is 0. The Hall–Kier alpha value is -1.81. The molecule has 4 heterocycles. The maximum Gasteiger partial charge on any atom is 0.330 e. The molecule has 4 rings (SSSR count). The Morgan fingerprint density at radius 2 is 1.91 bits per heavy atom. The lowest BCUT2D eigenvalue weighted by atomic mass is 9.91. The second-order valence-corrected chi connectivity index (χ2v) is 10.0. The minimum Gasteiger partial charge on any atom is -0.456 e. The summed E-state index contributed by atoms with van der Waals surface area (Å²) < 4.78 is 28.2. The zero-order valence-corrected chi connectivity index (χ0v) is 20.4. The van der Waals surface area contributed by atoms with Crippen molar-refractivity contribution in [3.8, 4) is 0 Å². The van der Waals surface area contributed by atoms with Crippen molar-refractivity contribution in [1.82, 2.24) is 0 Å². The first-order valence-electron chi connectivity index (χ1n) is 12.7. The lowest BCUT2D eigenvalue weighted by Gasteiger charge is -2.28. The predicted molar refractivity (Wildman–Crippen MR) is 128 cm³/mol. The van der Waals surface area contributed by atoms with Crippen LogP contribution in [0.25, 0.3) is 0 Å². The number of hydrogen-bond acceptors (Lipinski definition) is 8. The Morgan fingerprint density at radius 1 is 1.11 bits per heavy atom. The highest BCUT2D eigenvalue weighted by atomic mass is 16.7. The monoisotopic (exact) mass is 490 g/mol. The molecule has 0 amide bonds. The molecular weight excluding hydrogens is 452 g/mol. The summed E-state index contributed by atoms with van der Waals surface area (Å²) in [5.74, 6) is -0.167. The summed E-state index contributed by atoms with van der Waals surface area (Å²) in [5, 5.41) is 21.4. The number of carbonyl (C=O) groups excluding carboxylic acids is 1. The summed E-state index contributed by atoms with van der Waals surface area (Å²) in [6.07, 6.45) is 10.5. The van der Waals surface area contributed by atoms with Gasteiger partial charge in [0.2, 0.25) is 0 Å². The maximum absolute atomic E-state index is 12.5. The number of epoxide rings is 1. The molecule has 8 atom stereocenters. The molecule has 0 radical (unpaired) electrons. The number of aliphatic hydroxyl groups is 2. The highest BCUT2D eigenvalue weighted by Crippen LogP contribution is 2.34. The SMILES string of the molecule is C=C1C[C@H](C)C[C@@H]2CC=C[C@@H](C/C=C\C(=O)OC([C@@H](O)/C=C/C3OCCO3)C[C@@H]3O[C@H]3[C@@H](O)C1)O2. The van der Waals surface area contributed by atoms with Crippen LogP contribution < -0.4 is 0 Å². The Balaban J connectivity index is 1.44. The van der Waals surface area contributed by atoms with Gasteiger partial charge in [0.1, 0.15) is 18.3 Å². The molecule has 0 aliphatic carbocycles. The van der Waals surface area contributed by atoms with Gasteiger partial charge in [0.15, 0.2) is 6.29 Å². The van der Waals surface area contributed by atoms with E-state index in [4.69, 9.17) is 23.7 Å². The van der Waals surface area contributed by atoms with Crippen LogP contribution in [0.2, 0.25) is 0 Å². The molecule has 0 aromatic rings. The Labute approximate surface area is 207 Å². The average molecular weight is 491 g/mol. The lowest BCUT2D eigenvalue weighted by molar-refractivity contribution is -0.148. The number of rotatable bonds is 3. The maximum atomic E-state index is 12.5. The van der Waals surface area contributed by atoms with E-state index in [1.54, 1.807) is 12.2 Å². The zero-order valence-electron chi connectivity index (χ0n) is 20.4. The normalized spacial score (nSPS) is 39.5. The van der Waals surface area contributed by atoms with Gasteiger partial charge in [0.25, 0.3) is 0 Å². The largest absolute Gasteiger partial charge is 0.456 e. The zero-order chi connectivity index (χ0) is 24.8. The van der Waals surface area contributed by atoms with Crippen molar-refractivity contribution in [2.45, 2.75) is 94.5 Å². The van der Waals surface area contributed by atoms with Crippen LogP contribution in [0.5, 0.6) is 0 Å². The number of aliphatic hydroxyl groups excluding tert-OH is 2. The molecule has 4 aliphatic heterocycles. The highest BCUT2D eigenvalue weighted by molar-refractivity contribution is 5.82. The molecule has 4 aliphatic rings. The van der Waals surface area contributed by atoms with Crippen LogP contribution in [0.1, 0.15) is 45.4 Å². The number of ether oxygens (including phenoxy) is 5. The van der Waals surface area contributed by atoms with Crippen molar-refractivity contribution >= 4 is 5.97 Å². The molecule has 2 N–H and O–H groups in total. The molecule has 0 aromatic heterocycles. The van der Waals surface area contributed by atoms with Gasteiger partial charge in [-0.25, -0.2) is 4.79 Å². The van der Waals surface area contributed by atoms with E-state index < -0.39 is 30.6 Å². The van der Waals surface area contributed by atoms with Crippen LogP contribution in [0.4, 0.5) is 0 Å². The van der Waals surface area contributed by atoms with E-state index >= 15 is 0 Å². The predicted octanol–water partition coefficient (Wildman–Crippen LogP) is 2.74. The minimum atomic E-state index is -1.08. The first-order chi connectivity index (χ1) is 16.9. The average Bonchev–Trinajstić information content (AvgIpc) is 3.38. The third kappa shape index (κ3) is 8.10. The number of hydrogen-bond donors (Lipinski definition) is 2. The summed E-state index contributed by atoms with van der Waals surface area (Å²) in [5.41, 5.74) is 0.980. The standard InChI is InChI=1S/C27H38O8/c1-17-13-18(2)15-22(29)27-24(35-27)16-23(21(28)9-10-26-31-11-12-32-26)34-25(30)8-4-6-19-5-3-7-20(14-17)33-19/h3-5,8-10,17,19-24,26-29H,2,6-7,11-16H2,1H3/b8-4-,10-9+/t17-,19-,20-,21-,22-,23?,24-,27-/m0/s1. The highest BCUT2D eigenvalue weighted by Gasteiger charge is 2.46. The fourth-order valence-electron chi connectivity index (χ4n) is 5.01. The second kappa shape index (κ2) is 12.4. The lowest BCUT2D eigenvalue weighted by Crippen LogP contribution is -2.32. The van der Waals surface area contributed by atoms with Gasteiger partial charge in [-0.3, -0.25) is 0 Å². The summed E-state index contributed by atoms with van der Waals surface area (Å²) in [6, 6.07) is 0. The molecule has 8 nitrogen and oxygen atoms in total. The van der Waals surface area contributed by atoms with Gasteiger partial charge in [0, 0.05) is 12.5 Å². The van der Waals surface area contributed by atoms with Crippen LogP contribution >= 0.6 is 0 Å². The van der Waals surface area contributed by atoms with Gasteiger partial charge >= 0.3 is 5.97 Å². The van der Waals surface area contributed by atoms with E-state index in [2.05, 4.69) is 19.6 Å². The molecule has 0 spiro atoms. The Bertz CT molecular complexity index is 814. The van der Waals surface area contributed by atoms with Crippen molar-refractivity contribution in [2.75, 3.05) is 13.2 Å². The smallest absolute Gasteiger partial charge is 0.330 e. The van der Waals surface area contributed by atoms with Gasteiger partial charge in [-0.05, 0) is 44.1 Å². The number of cyclic esters (lactones) is 1. The molecule has 2 bridgehead atoms. The molecule has 0 aromatic carbocycles. The van der Waals surface area contributed by atoms with Crippen molar-refractivity contribution in [3.63, 3.8) is 0 Å². The molecule has 8 heteroatoms. The first-order valence-corrected chi connectivity index (χ1v) is 12.7. The third-order valence-electron chi connectivity index (χ3n) is 6.77. The van der Waals surface area contributed by atoms with Crippen LogP contribution in [0, 0.1) is 5.92 Å². The fraction of sp³-hybridized carbons (Fsp3) is 0.667. The van der Waals surface area contributed by atoms with Gasteiger partial charge < -0.3 is 33.9 Å². The van der Waals surface area contributed by atoms with E-state index in [1.165, 1.54) is 12.2 Å². The Morgan fingerprint density at radius 3 is 2.71 bits per heavy atom. The number of carbonyl (C=O) groups is 1. The molecule has 35 heavy (non-hydrogen) atoms. The van der Waals surface area contributed by atoms with Crippen LogP contribution in [0.15, 0.2) is 48.6 Å². The number of esters is 1. The van der Waals surface area contributed by atoms with E-state index in [0.717, 1.165) is 24.8 Å². The summed E-state index contributed by atoms with van der Waals surface area (Å²) in [7, 11) is 0. The summed E-state index contributed by atoms with van der Waals surface area (Å²) in [4.78, 5) is 12.5. The van der Waals surface area contributed by atoms with E-state index in [9.17, 15) is 15.0 Å². The van der Waals surface area contributed by atoms with Crippen LogP contribution in [-0.2, 0) is 28.5 Å². The van der Waals surface area contributed by atoms with Crippen molar-refractivity contribution in [1.29, 1.82) is 0 Å². The van der Waals surface area contributed by atoms with Gasteiger partial charge in [-0.2, -0.15) is 0 Å². The first kappa shape index (κ1) is 26.3. The summed E-state index contributed by atoms with van der Waals surface area (Å²) in [6.45, 7) is 7.34. The van der Waals surface area contributed by atoms with Crippen LogP contribution in [0.3, 0.4) is 0 Å². The van der Waals surface area contributed by atoms with Gasteiger partial charge in [0.05, 0.1) is 37.6 Å². The Kier molecular flexibility index (Phi) is 9.33. The molecule has 1 unspecified atom stereocenters. The molecule has 0 saturated carbocycles. The molecule has 2 saturated heterocycles. The minimum absolute atomic E-state index is 0.0924. The third-order valence-corrected chi connectivity index (χ3v) is 6.77. The van der Waals surface area contributed by atoms with E-state index in [0.29, 0.717) is 32.0 Å². The van der Waals surface area contributed by atoms with E-state index in [1.807, 2.05) is 6.08 Å². The topological polar surface area (TPSA) is 107 Å².